The highest BCUT2D eigenvalue weighted by atomic mass is 79.9. The Labute approximate surface area is 143 Å². The Hall–Kier alpha value is -1.38. The summed E-state index contributed by atoms with van der Waals surface area (Å²) in [6, 6.07) is 7.24. The molecule has 2 rings (SSSR count). The molecule has 120 valence electrons. The maximum absolute atomic E-state index is 11.6. The minimum Gasteiger partial charge on any atom is -0.484 e. The smallest absolute Gasteiger partial charge is 0.276 e. The molecule has 1 amide bonds. The Morgan fingerprint density at radius 1 is 1.36 bits per heavy atom. The molecule has 1 unspecified atom stereocenters. The summed E-state index contributed by atoms with van der Waals surface area (Å²) in [6.45, 7) is 1.34. The van der Waals surface area contributed by atoms with Crippen LogP contribution in [0.5, 0.6) is 5.75 Å². The number of hydrogen-bond acceptors (Lipinski definition) is 4. The largest absolute Gasteiger partial charge is 0.484 e. The Kier molecular flexibility index (Phi) is 6.88. The van der Waals surface area contributed by atoms with Crippen LogP contribution in [0.15, 0.2) is 28.7 Å². The predicted molar refractivity (Wildman–Crippen MR) is 90.5 cm³/mol. The van der Waals surface area contributed by atoms with E-state index in [2.05, 4.69) is 32.1 Å². The molecule has 6 nitrogen and oxygen atoms in total. The summed E-state index contributed by atoms with van der Waals surface area (Å²) in [5.41, 5.74) is 5.10. The number of carbonyl (C=O) groups excluding carboxylic acids is 1. The number of carbonyl (C=O) groups is 1. The molecule has 1 aromatic carbocycles. The van der Waals surface area contributed by atoms with Crippen molar-refractivity contribution in [3.63, 3.8) is 0 Å². The van der Waals surface area contributed by atoms with Crippen molar-refractivity contribution in [3.8, 4) is 5.75 Å². The summed E-state index contributed by atoms with van der Waals surface area (Å²) in [4.78, 5) is 11.6. The molecular weight excluding hydrogens is 370 g/mol. The van der Waals surface area contributed by atoms with E-state index >= 15 is 0 Å². The van der Waals surface area contributed by atoms with Crippen molar-refractivity contribution in [2.45, 2.75) is 18.9 Å². The lowest BCUT2D eigenvalue weighted by Crippen LogP contribution is -2.49. The van der Waals surface area contributed by atoms with E-state index in [4.69, 9.17) is 21.7 Å². The quantitative estimate of drug-likeness (QED) is 0.525. The second-order valence-electron chi connectivity index (χ2n) is 4.76. The molecule has 0 spiro atoms. The fraction of sp³-hybridized carbons (Fsp3) is 0.429. The van der Waals surface area contributed by atoms with Gasteiger partial charge in [-0.2, -0.15) is 0 Å². The number of benzene rings is 1. The second-order valence-corrected chi connectivity index (χ2v) is 6.08. The molecular formula is C14H18BrN3O3S. The summed E-state index contributed by atoms with van der Waals surface area (Å²) in [6.07, 6.45) is 2.30. The van der Waals surface area contributed by atoms with Crippen LogP contribution in [0, 0.1) is 0 Å². The Morgan fingerprint density at radius 3 is 2.82 bits per heavy atom. The van der Waals surface area contributed by atoms with E-state index in [-0.39, 0.29) is 18.6 Å². The molecule has 0 aromatic heterocycles. The standard InChI is InChI=1S/C14H18BrN3O3S/c15-10-3-5-11(6-4-10)21-9-13(19)17-18-14(22)16-8-12-2-1-7-20-12/h3-6,12H,1-2,7-9H2,(H,17,19)(H2,16,18,22). The van der Waals surface area contributed by atoms with Crippen molar-refractivity contribution in [1.82, 2.24) is 16.2 Å². The van der Waals surface area contributed by atoms with Crippen LogP contribution < -0.4 is 20.9 Å². The minimum atomic E-state index is -0.316. The maximum atomic E-state index is 11.6. The van der Waals surface area contributed by atoms with E-state index in [1.54, 1.807) is 12.1 Å². The Morgan fingerprint density at radius 2 is 2.14 bits per heavy atom. The van der Waals surface area contributed by atoms with Crippen LogP contribution in [0.25, 0.3) is 0 Å². The van der Waals surface area contributed by atoms with Crippen molar-refractivity contribution in [3.05, 3.63) is 28.7 Å². The van der Waals surface area contributed by atoms with E-state index in [1.807, 2.05) is 12.1 Å². The van der Waals surface area contributed by atoms with Crippen LogP contribution in [0.1, 0.15) is 12.8 Å². The van der Waals surface area contributed by atoms with Gasteiger partial charge < -0.3 is 14.8 Å². The summed E-state index contributed by atoms with van der Waals surface area (Å²) in [7, 11) is 0. The number of amides is 1. The number of nitrogens with one attached hydrogen (secondary N) is 3. The van der Waals surface area contributed by atoms with Crippen molar-refractivity contribution in [1.29, 1.82) is 0 Å². The van der Waals surface area contributed by atoms with Gasteiger partial charge in [0, 0.05) is 17.6 Å². The van der Waals surface area contributed by atoms with Gasteiger partial charge in [-0.05, 0) is 49.3 Å². The minimum absolute atomic E-state index is 0.0943. The zero-order valence-electron chi connectivity index (χ0n) is 11.9. The van der Waals surface area contributed by atoms with Gasteiger partial charge in [-0.15, -0.1) is 0 Å². The van der Waals surface area contributed by atoms with Gasteiger partial charge in [0.2, 0.25) is 0 Å². The van der Waals surface area contributed by atoms with Crippen LogP contribution in [-0.4, -0.2) is 36.9 Å². The second kappa shape index (κ2) is 8.92. The average molecular weight is 388 g/mol. The molecule has 1 atom stereocenters. The fourth-order valence-electron chi connectivity index (χ4n) is 1.90. The van der Waals surface area contributed by atoms with Gasteiger partial charge in [-0.25, -0.2) is 0 Å². The molecule has 1 aliphatic rings. The molecule has 0 aliphatic carbocycles. The number of hydrogen-bond donors (Lipinski definition) is 3. The number of halogens is 1. The van der Waals surface area contributed by atoms with Crippen molar-refractivity contribution in [2.24, 2.45) is 0 Å². The maximum Gasteiger partial charge on any atom is 0.276 e. The predicted octanol–water partition coefficient (Wildman–Crippen LogP) is 1.50. The average Bonchev–Trinajstić information content (AvgIpc) is 3.04. The van der Waals surface area contributed by atoms with E-state index in [0.29, 0.717) is 17.4 Å². The third kappa shape index (κ3) is 6.17. The molecule has 1 aliphatic heterocycles. The Bertz CT molecular complexity index is 507. The van der Waals surface area contributed by atoms with Crippen LogP contribution in [-0.2, 0) is 9.53 Å². The Balaban J connectivity index is 1.58. The summed E-state index contributed by atoms with van der Waals surface area (Å²) >= 11 is 8.39. The molecule has 0 saturated carbocycles. The molecule has 1 saturated heterocycles. The highest BCUT2D eigenvalue weighted by Gasteiger charge is 2.15. The van der Waals surface area contributed by atoms with Gasteiger partial charge in [-0.1, -0.05) is 15.9 Å². The normalized spacial score (nSPS) is 16.9. The number of thiocarbonyl (C=S) groups is 1. The fourth-order valence-corrected chi connectivity index (χ4v) is 2.30. The summed E-state index contributed by atoms with van der Waals surface area (Å²) < 4.78 is 11.8. The first-order valence-electron chi connectivity index (χ1n) is 6.96. The van der Waals surface area contributed by atoms with Gasteiger partial charge in [0.15, 0.2) is 11.7 Å². The van der Waals surface area contributed by atoms with Crippen LogP contribution in [0.3, 0.4) is 0 Å². The van der Waals surface area contributed by atoms with Crippen LogP contribution in [0.2, 0.25) is 0 Å². The van der Waals surface area contributed by atoms with Crippen LogP contribution >= 0.6 is 28.1 Å². The lowest BCUT2D eigenvalue weighted by molar-refractivity contribution is -0.123. The highest BCUT2D eigenvalue weighted by Crippen LogP contribution is 2.15. The van der Waals surface area contributed by atoms with E-state index in [0.717, 1.165) is 23.9 Å². The first-order chi connectivity index (χ1) is 10.6. The van der Waals surface area contributed by atoms with Crippen LogP contribution in [0.4, 0.5) is 0 Å². The van der Waals surface area contributed by atoms with Gasteiger partial charge in [0.25, 0.3) is 5.91 Å². The monoisotopic (exact) mass is 387 g/mol. The first-order valence-corrected chi connectivity index (χ1v) is 8.16. The third-order valence-electron chi connectivity index (χ3n) is 3.01. The lowest BCUT2D eigenvalue weighted by Gasteiger charge is -2.14. The van der Waals surface area contributed by atoms with E-state index in [9.17, 15) is 4.79 Å². The molecule has 1 aromatic rings. The summed E-state index contributed by atoms with van der Waals surface area (Å²) in [5, 5.41) is 3.35. The molecule has 22 heavy (non-hydrogen) atoms. The topological polar surface area (TPSA) is 71.6 Å². The SMILES string of the molecule is O=C(COc1ccc(Br)cc1)NNC(=S)NCC1CCCO1. The zero-order valence-corrected chi connectivity index (χ0v) is 14.3. The zero-order chi connectivity index (χ0) is 15.8. The molecule has 3 N–H and O–H groups in total. The molecule has 8 heteroatoms. The first kappa shape index (κ1) is 17.0. The lowest BCUT2D eigenvalue weighted by atomic mass is 10.2. The van der Waals surface area contributed by atoms with Crippen molar-refractivity contribution < 1.29 is 14.3 Å². The number of hydrazine groups is 1. The third-order valence-corrected chi connectivity index (χ3v) is 3.79. The van der Waals surface area contributed by atoms with Gasteiger partial charge in [0.05, 0.1) is 6.10 Å². The molecule has 0 bridgehead atoms. The van der Waals surface area contributed by atoms with Gasteiger partial charge >= 0.3 is 0 Å². The number of ether oxygens (including phenoxy) is 2. The van der Waals surface area contributed by atoms with Crippen molar-refractivity contribution >= 4 is 39.2 Å². The number of rotatable bonds is 5. The van der Waals surface area contributed by atoms with E-state index < -0.39 is 0 Å². The van der Waals surface area contributed by atoms with Gasteiger partial charge in [-0.3, -0.25) is 15.6 Å². The molecule has 0 radical (unpaired) electrons. The highest BCUT2D eigenvalue weighted by molar-refractivity contribution is 9.10. The molecule has 1 fully saturated rings. The van der Waals surface area contributed by atoms with Gasteiger partial charge in [0.1, 0.15) is 5.75 Å². The molecule has 1 heterocycles. The summed E-state index contributed by atoms with van der Waals surface area (Å²) in [5.74, 6) is 0.307. The van der Waals surface area contributed by atoms with Crippen molar-refractivity contribution in [2.75, 3.05) is 19.8 Å². The van der Waals surface area contributed by atoms with E-state index in [1.165, 1.54) is 0 Å².